The molecule has 1 aliphatic heterocycles. The Hall–Kier alpha value is -1.88. The summed E-state index contributed by atoms with van der Waals surface area (Å²) >= 11 is 0. The Morgan fingerprint density at radius 2 is 2.09 bits per heavy atom. The SMILES string of the molecule is CC(C)N1C[C@@]2(CCc3cc(C(=O)NO)ccc3C2)CC1=O. The first-order valence-corrected chi connectivity index (χ1v) is 7.80. The van der Waals surface area contributed by atoms with Crippen molar-refractivity contribution in [1.82, 2.24) is 10.4 Å². The van der Waals surface area contributed by atoms with E-state index >= 15 is 0 Å². The second-order valence-electron chi connectivity index (χ2n) is 6.89. The number of benzene rings is 1. The molecule has 0 unspecified atom stereocenters. The first-order chi connectivity index (χ1) is 10.4. The Kier molecular flexibility index (Phi) is 3.68. The van der Waals surface area contributed by atoms with Gasteiger partial charge in [-0.25, -0.2) is 5.48 Å². The number of hydroxylamine groups is 1. The zero-order valence-electron chi connectivity index (χ0n) is 13.1. The van der Waals surface area contributed by atoms with Gasteiger partial charge < -0.3 is 4.90 Å². The highest BCUT2D eigenvalue weighted by atomic mass is 16.5. The molecule has 2 aliphatic rings. The molecule has 1 aromatic carbocycles. The van der Waals surface area contributed by atoms with Crippen LogP contribution in [0.5, 0.6) is 0 Å². The van der Waals surface area contributed by atoms with Gasteiger partial charge in [-0.3, -0.25) is 14.8 Å². The Bertz CT molecular complexity index is 626. The largest absolute Gasteiger partial charge is 0.340 e. The number of rotatable bonds is 2. The average molecular weight is 302 g/mol. The van der Waals surface area contributed by atoms with Crippen LogP contribution < -0.4 is 5.48 Å². The van der Waals surface area contributed by atoms with E-state index < -0.39 is 5.91 Å². The van der Waals surface area contributed by atoms with Gasteiger partial charge in [0.25, 0.3) is 5.91 Å². The first-order valence-electron chi connectivity index (χ1n) is 7.80. The van der Waals surface area contributed by atoms with E-state index in [0.29, 0.717) is 12.0 Å². The average Bonchev–Trinajstić information content (AvgIpc) is 2.82. The summed E-state index contributed by atoms with van der Waals surface area (Å²) in [5.41, 5.74) is 4.57. The molecule has 2 amide bonds. The standard InChI is InChI=1S/C17H22N2O3/c1-11(2)19-10-17(9-15(19)20)6-5-12-7-13(16(21)18-22)3-4-14(12)8-17/h3-4,7,11,22H,5-6,8-10H2,1-2H3,(H,18,21)/t17-/m1/s1. The van der Waals surface area contributed by atoms with Crippen LogP contribution in [0.25, 0.3) is 0 Å². The van der Waals surface area contributed by atoms with Crippen molar-refractivity contribution in [3.05, 3.63) is 34.9 Å². The second kappa shape index (κ2) is 5.39. The lowest BCUT2D eigenvalue weighted by Crippen LogP contribution is -2.36. The number of likely N-dealkylation sites (tertiary alicyclic amines) is 1. The molecular weight excluding hydrogens is 280 g/mol. The fourth-order valence-corrected chi connectivity index (χ4v) is 3.81. The van der Waals surface area contributed by atoms with Crippen LogP contribution in [-0.4, -0.2) is 34.5 Å². The van der Waals surface area contributed by atoms with Gasteiger partial charge in [0.05, 0.1) is 0 Å². The van der Waals surface area contributed by atoms with E-state index in [9.17, 15) is 9.59 Å². The van der Waals surface area contributed by atoms with E-state index in [4.69, 9.17) is 5.21 Å². The lowest BCUT2D eigenvalue weighted by molar-refractivity contribution is -0.129. The number of carbonyl (C=O) groups excluding carboxylic acids is 2. The number of hydrogen-bond acceptors (Lipinski definition) is 3. The zero-order chi connectivity index (χ0) is 15.9. The topological polar surface area (TPSA) is 69.6 Å². The molecule has 1 aromatic rings. The Balaban J connectivity index is 1.83. The van der Waals surface area contributed by atoms with Crippen molar-refractivity contribution >= 4 is 11.8 Å². The van der Waals surface area contributed by atoms with Gasteiger partial charge in [0, 0.05) is 30.0 Å². The molecule has 1 heterocycles. The van der Waals surface area contributed by atoms with Crippen LogP contribution in [0.15, 0.2) is 18.2 Å². The minimum Gasteiger partial charge on any atom is -0.340 e. The molecule has 118 valence electrons. The zero-order valence-corrected chi connectivity index (χ0v) is 13.1. The lowest BCUT2D eigenvalue weighted by Gasteiger charge is -2.35. The van der Waals surface area contributed by atoms with Gasteiger partial charge in [0.15, 0.2) is 0 Å². The number of nitrogens with one attached hydrogen (secondary N) is 1. The predicted molar refractivity (Wildman–Crippen MR) is 81.6 cm³/mol. The number of amides is 2. The molecular formula is C17H22N2O3. The predicted octanol–water partition coefficient (Wildman–Crippen LogP) is 1.92. The van der Waals surface area contributed by atoms with Gasteiger partial charge in [-0.05, 0) is 56.4 Å². The van der Waals surface area contributed by atoms with Gasteiger partial charge in [-0.1, -0.05) is 6.07 Å². The van der Waals surface area contributed by atoms with Crippen molar-refractivity contribution in [3.63, 3.8) is 0 Å². The normalized spacial score (nSPS) is 24.0. The molecule has 1 saturated heterocycles. The Morgan fingerprint density at radius 3 is 2.73 bits per heavy atom. The van der Waals surface area contributed by atoms with Crippen LogP contribution in [0.4, 0.5) is 0 Å². The van der Waals surface area contributed by atoms with E-state index in [-0.39, 0.29) is 17.4 Å². The quantitative estimate of drug-likeness (QED) is 0.648. The second-order valence-corrected chi connectivity index (χ2v) is 6.89. The highest BCUT2D eigenvalue weighted by Gasteiger charge is 2.45. The minimum absolute atomic E-state index is 0.0507. The summed E-state index contributed by atoms with van der Waals surface area (Å²) in [7, 11) is 0. The number of carbonyl (C=O) groups is 2. The van der Waals surface area contributed by atoms with Gasteiger partial charge in [-0.15, -0.1) is 0 Å². The first kappa shape index (κ1) is 15.0. The van der Waals surface area contributed by atoms with Crippen LogP contribution in [0.2, 0.25) is 0 Å². The maximum absolute atomic E-state index is 12.2. The summed E-state index contributed by atoms with van der Waals surface area (Å²) in [6, 6.07) is 5.80. The lowest BCUT2D eigenvalue weighted by atomic mass is 9.70. The van der Waals surface area contributed by atoms with Crippen LogP contribution in [-0.2, 0) is 17.6 Å². The van der Waals surface area contributed by atoms with E-state index in [0.717, 1.165) is 31.4 Å². The molecule has 2 N–H and O–H groups in total. The molecule has 0 saturated carbocycles. The molecule has 1 spiro atoms. The summed E-state index contributed by atoms with van der Waals surface area (Å²) in [6.07, 6.45) is 3.36. The molecule has 5 nitrogen and oxygen atoms in total. The summed E-state index contributed by atoms with van der Waals surface area (Å²) in [5, 5.41) is 8.73. The van der Waals surface area contributed by atoms with Crippen LogP contribution in [0, 0.1) is 5.41 Å². The molecule has 3 rings (SSSR count). The smallest absolute Gasteiger partial charge is 0.274 e. The Morgan fingerprint density at radius 1 is 1.32 bits per heavy atom. The molecule has 1 atom stereocenters. The summed E-state index contributed by atoms with van der Waals surface area (Å²) in [6.45, 7) is 4.96. The van der Waals surface area contributed by atoms with Crippen molar-refractivity contribution in [2.45, 2.75) is 45.6 Å². The van der Waals surface area contributed by atoms with E-state index in [1.807, 2.05) is 17.0 Å². The van der Waals surface area contributed by atoms with Crippen LogP contribution >= 0.6 is 0 Å². The van der Waals surface area contributed by atoms with Crippen LogP contribution in [0.1, 0.15) is 48.2 Å². The molecule has 0 bridgehead atoms. The molecule has 1 fully saturated rings. The molecule has 1 aliphatic carbocycles. The summed E-state index contributed by atoms with van der Waals surface area (Å²) in [5.74, 6) is -0.222. The highest BCUT2D eigenvalue weighted by molar-refractivity contribution is 5.93. The van der Waals surface area contributed by atoms with E-state index in [1.165, 1.54) is 5.56 Å². The monoisotopic (exact) mass is 302 g/mol. The Labute approximate surface area is 130 Å². The fourth-order valence-electron chi connectivity index (χ4n) is 3.81. The molecule has 0 radical (unpaired) electrons. The van der Waals surface area contributed by atoms with Gasteiger partial charge in [-0.2, -0.15) is 0 Å². The minimum atomic E-state index is -0.481. The van der Waals surface area contributed by atoms with Gasteiger partial charge in [0.2, 0.25) is 5.91 Å². The highest BCUT2D eigenvalue weighted by Crippen LogP contribution is 2.43. The van der Waals surface area contributed by atoms with E-state index in [1.54, 1.807) is 11.5 Å². The van der Waals surface area contributed by atoms with Crippen molar-refractivity contribution < 1.29 is 14.8 Å². The summed E-state index contributed by atoms with van der Waals surface area (Å²) in [4.78, 5) is 25.7. The molecule has 22 heavy (non-hydrogen) atoms. The van der Waals surface area contributed by atoms with Crippen molar-refractivity contribution in [2.24, 2.45) is 5.41 Å². The number of fused-ring (bicyclic) bond motifs is 1. The molecule has 5 heteroatoms. The van der Waals surface area contributed by atoms with E-state index in [2.05, 4.69) is 13.8 Å². The van der Waals surface area contributed by atoms with Gasteiger partial charge >= 0.3 is 0 Å². The van der Waals surface area contributed by atoms with Crippen molar-refractivity contribution in [3.8, 4) is 0 Å². The summed E-state index contributed by atoms with van der Waals surface area (Å²) < 4.78 is 0. The molecule has 0 aromatic heterocycles. The number of aryl methyl sites for hydroxylation is 1. The number of nitrogens with zero attached hydrogens (tertiary/aromatic N) is 1. The maximum atomic E-state index is 12.2. The fraction of sp³-hybridized carbons (Fsp3) is 0.529. The maximum Gasteiger partial charge on any atom is 0.274 e. The van der Waals surface area contributed by atoms with Crippen LogP contribution in [0.3, 0.4) is 0 Å². The third-order valence-electron chi connectivity index (χ3n) is 5.04. The van der Waals surface area contributed by atoms with Crippen molar-refractivity contribution in [1.29, 1.82) is 0 Å². The van der Waals surface area contributed by atoms with Gasteiger partial charge in [0.1, 0.15) is 0 Å². The number of hydrogen-bond donors (Lipinski definition) is 2. The van der Waals surface area contributed by atoms with Crippen molar-refractivity contribution in [2.75, 3.05) is 6.54 Å². The third kappa shape index (κ3) is 2.50. The third-order valence-corrected chi connectivity index (χ3v) is 5.04.